The Hall–Kier alpha value is -2.13. The number of aryl methyl sites for hydroxylation is 1. The van der Waals surface area contributed by atoms with Gasteiger partial charge in [-0.25, -0.2) is 0 Å². The predicted octanol–water partition coefficient (Wildman–Crippen LogP) is 5.09. The summed E-state index contributed by atoms with van der Waals surface area (Å²) < 4.78 is 5.90. The number of nitrogens with zero attached hydrogens (tertiary/aromatic N) is 1. The summed E-state index contributed by atoms with van der Waals surface area (Å²) in [7, 11) is 0. The van der Waals surface area contributed by atoms with Crippen molar-refractivity contribution in [2.75, 3.05) is 26.2 Å². The highest BCUT2D eigenvalue weighted by atomic mass is 16.5. The largest absolute Gasteiger partial charge is 0.492 e. The summed E-state index contributed by atoms with van der Waals surface area (Å²) in [4.78, 5) is 15.0. The monoisotopic (exact) mass is 353 g/mol. The van der Waals surface area contributed by atoms with Crippen LogP contribution in [-0.4, -0.2) is 36.9 Å². The molecule has 0 N–H and O–H groups in total. The van der Waals surface area contributed by atoms with Crippen LogP contribution in [0.15, 0.2) is 48.5 Å². The van der Waals surface area contributed by atoms with Crippen molar-refractivity contribution in [2.24, 2.45) is 0 Å². The van der Waals surface area contributed by atoms with Crippen molar-refractivity contribution in [3.63, 3.8) is 0 Å². The fraction of sp³-hybridized carbons (Fsp3) is 0.435. The average molecular weight is 354 g/mol. The van der Waals surface area contributed by atoms with Gasteiger partial charge in [0.05, 0.1) is 0 Å². The number of likely N-dealkylation sites (N-methyl/N-ethyl adjacent to an activating group) is 1. The lowest BCUT2D eigenvalue weighted by molar-refractivity contribution is 0.0975. The van der Waals surface area contributed by atoms with Gasteiger partial charge in [0.2, 0.25) is 0 Å². The first-order valence-corrected chi connectivity index (χ1v) is 9.59. The van der Waals surface area contributed by atoms with E-state index in [-0.39, 0.29) is 11.7 Å². The van der Waals surface area contributed by atoms with Crippen LogP contribution in [-0.2, 0) is 0 Å². The first kappa shape index (κ1) is 20.2. The van der Waals surface area contributed by atoms with Gasteiger partial charge in [-0.15, -0.1) is 0 Å². The van der Waals surface area contributed by atoms with E-state index in [2.05, 4.69) is 37.8 Å². The summed E-state index contributed by atoms with van der Waals surface area (Å²) in [6.07, 6.45) is 0.519. The van der Waals surface area contributed by atoms with Crippen LogP contribution in [0, 0.1) is 6.92 Å². The first-order valence-electron chi connectivity index (χ1n) is 9.59. The van der Waals surface area contributed by atoms with Crippen LogP contribution in [0.4, 0.5) is 0 Å². The van der Waals surface area contributed by atoms with Gasteiger partial charge in [0.25, 0.3) is 0 Å². The third kappa shape index (κ3) is 5.70. The number of rotatable bonds is 10. The van der Waals surface area contributed by atoms with Crippen molar-refractivity contribution in [3.05, 3.63) is 65.2 Å². The highest BCUT2D eigenvalue weighted by Crippen LogP contribution is 2.24. The van der Waals surface area contributed by atoms with E-state index in [1.165, 1.54) is 5.56 Å². The predicted molar refractivity (Wildman–Crippen MR) is 108 cm³/mol. The molecule has 0 amide bonds. The Morgan fingerprint density at radius 3 is 2.38 bits per heavy atom. The van der Waals surface area contributed by atoms with E-state index in [1.807, 2.05) is 43.3 Å². The number of benzene rings is 2. The number of Topliss-reactive ketones (excluding diaryl/α,β-unsaturated/α-hetero) is 1. The second-order valence-electron chi connectivity index (χ2n) is 6.79. The van der Waals surface area contributed by atoms with E-state index in [0.717, 1.165) is 36.5 Å². The second kappa shape index (κ2) is 10.1. The molecule has 140 valence electrons. The number of carbonyl (C=O) groups excluding carboxylic acids is 1. The Morgan fingerprint density at radius 1 is 1.08 bits per heavy atom. The van der Waals surface area contributed by atoms with Crippen molar-refractivity contribution < 1.29 is 9.53 Å². The molecule has 0 fully saturated rings. The lowest BCUT2D eigenvalue weighted by Crippen LogP contribution is -2.28. The van der Waals surface area contributed by atoms with Gasteiger partial charge in [-0.2, -0.15) is 0 Å². The Balaban J connectivity index is 1.94. The summed E-state index contributed by atoms with van der Waals surface area (Å²) in [5.74, 6) is 1.26. The molecule has 2 aromatic carbocycles. The molecule has 2 aromatic rings. The van der Waals surface area contributed by atoms with E-state index in [9.17, 15) is 4.79 Å². The minimum Gasteiger partial charge on any atom is -0.492 e. The van der Waals surface area contributed by atoms with Gasteiger partial charge < -0.3 is 9.64 Å². The molecule has 26 heavy (non-hydrogen) atoms. The van der Waals surface area contributed by atoms with Gasteiger partial charge in [0.15, 0.2) is 5.78 Å². The Kier molecular flexibility index (Phi) is 7.86. The van der Waals surface area contributed by atoms with E-state index in [4.69, 9.17) is 4.74 Å². The Bertz CT molecular complexity index is 693. The van der Waals surface area contributed by atoms with Crippen LogP contribution in [0.5, 0.6) is 5.75 Å². The highest BCUT2D eigenvalue weighted by Gasteiger charge is 2.14. The summed E-state index contributed by atoms with van der Waals surface area (Å²) in [6.45, 7) is 12.1. The van der Waals surface area contributed by atoms with Crippen LogP contribution < -0.4 is 4.74 Å². The molecule has 2 rings (SSSR count). The maximum absolute atomic E-state index is 12.6. The third-order valence-electron chi connectivity index (χ3n) is 4.92. The van der Waals surface area contributed by atoms with Gasteiger partial charge in [0.1, 0.15) is 12.4 Å². The summed E-state index contributed by atoms with van der Waals surface area (Å²) in [5.41, 5.74) is 2.98. The molecule has 0 saturated heterocycles. The van der Waals surface area contributed by atoms with E-state index >= 15 is 0 Å². The van der Waals surface area contributed by atoms with Crippen LogP contribution in [0.2, 0.25) is 0 Å². The lowest BCUT2D eigenvalue weighted by atomic mass is 9.93. The van der Waals surface area contributed by atoms with Crippen molar-refractivity contribution in [2.45, 2.75) is 40.0 Å². The molecule has 1 unspecified atom stereocenters. The molecular formula is C23H31NO2. The Labute approximate surface area is 158 Å². The zero-order valence-electron chi connectivity index (χ0n) is 16.5. The van der Waals surface area contributed by atoms with Gasteiger partial charge in [-0.1, -0.05) is 51.1 Å². The van der Waals surface area contributed by atoms with E-state index in [1.54, 1.807) is 0 Å². The van der Waals surface area contributed by atoms with Crippen LogP contribution in [0.3, 0.4) is 0 Å². The normalized spacial score (nSPS) is 12.2. The number of ether oxygens (including phenoxy) is 1. The SMILES string of the molecule is CCN(CC)CCOc1ccc(C(=O)CC(C)c2ccccc2)cc1C. The number of hydrogen-bond acceptors (Lipinski definition) is 3. The van der Waals surface area contributed by atoms with Crippen LogP contribution >= 0.6 is 0 Å². The van der Waals surface area contributed by atoms with Gasteiger partial charge in [-0.05, 0) is 55.3 Å². The molecule has 0 aliphatic rings. The average Bonchev–Trinajstić information content (AvgIpc) is 2.67. The molecular weight excluding hydrogens is 322 g/mol. The summed E-state index contributed by atoms with van der Waals surface area (Å²) in [6, 6.07) is 16.0. The maximum atomic E-state index is 12.6. The topological polar surface area (TPSA) is 29.5 Å². The fourth-order valence-corrected chi connectivity index (χ4v) is 3.10. The Morgan fingerprint density at radius 2 is 1.77 bits per heavy atom. The molecule has 0 aliphatic carbocycles. The molecule has 0 radical (unpaired) electrons. The minimum atomic E-state index is 0.180. The molecule has 0 heterocycles. The molecule has 3 nitrogen and oxygen atoms in total. The standard InChI is InChI=1S/C23H31NO2/c1-5-24(6-2)14-15-26-23-13-12-21(16-19(23)4)22(25)17-18(3)20-10-8-7-9-11-20/h7-13,16,18H,5-6,14-15,17H2,1-4H3. The first-order chi connectivity index (χ1) is 12.5. The highest BCUT2D eigenvalue weighted by molar-refractivity contribution is 5.96. The van der Waals surface area contributed by atoms with Crippen molar-refractivity contribution >= 4 is 5.78 Å². The molecule has 0 spiro atoms. The quantitative estimate of drug-likeness (QED) is 0.557. The lowest BCUT2D eigenvalue weighted by Gasteiger charge is -2.18. The molecule has 0 bridgehead atoms. The summed E-state index contributed by atoms with van der Waals surface area (Å²) in [5, 5.41) is 0. The summed E-state index contributed by atoms with van der Waals surface area (Å²) >= 11 is 0. The smallest absolute Gasteiger partial charge is 0.163 e. The molecule has 0 aromatic heterocycles. The van der Waals surface area contributed by atoms with Crippen LogP contribution in [0.1, 0.15) is 54.6 Å². The molecule has 0 saturated carbocycles. The molecule has 1 atom stereocenters. The number of hydrogen-bond donors (Lipinski definition) is 0. The van der Waals surface area contributed by atoms with Crippen molar-refractivity contribution in [1.82, 2.24) is 4.90 Å². The zero-order chi connectivity index (χ0) is 18.9. The molecule has 0 aliphatic heterocycles. The zero-order valence-corrected chi connectivity index (χ0v) is 16.5. The molecule has 3 heteroatoms. The third-order valence-corrected chi connectivity index (χ3v) is 4.92. The van der Waals surface area contributed by atoms with E-state index < -0.39 is 0 Å². The van der Waals surface area contributed by atoms with E-state index in [0.29, 0.717) is 13.0 Å². The van der Waals surface area contributed by atoms with Gasteiger partial charge in [-0.3, -0.25) is 4.79 Å². The number of ketones is 1. The maximum Gasteiger partial charge on any atom is 0.163 e. The fourth-order valence-electron chi connectivity index (χ4n) is 3.10. The van der Waals surface area contributed by atoms with Crippen molar-refractivity contribution in [1.29, 1.82) is 0 Å². The number of carbonyl (C=O) groups is 1. The van der Waals surface area contributed by atoms with Gasteiger partial charge >= 0.3 is 0 Å². The van der Waals surface area contributed by atoms with Crippen molar-refractivity contribution in [3.8, 4) is 5.75 Å². The second-order valence-corrected chi connectivity index (χ2v) is 6.79. The minimum absolute atomic E-state index is 0.180. The van der Waals surface area contributed by atoms with Gasteiger partial charge in [0, 0.05) is 18.5 Å². The van der Waals surface area contributed by atoms with Crippen LogP contribution in [0.25, 0.3) is 0 Å².